The fraction of sp³-hybridized carbons (Fsp3) is 0.222. The van der Waals surface area contributed by atoms with E-state index in [0.29, 0.717) is 6.61 Å². The average Bonchev–Trinajstić information content (AvgIpc) is 2.84. The van der Waals surface area contributed by atoms with Crippen molar-refractivity contribution in [3.8, 4) is 5.75 Å². The molecule has 3 nitrogen and oxygen atoms in total. The molecule has 0 spiro atoms. The minimum Gasteiger partial charge on any atom is -0.484 e. The van der Waals surface area contributed by atoms with Gasteiger partial charge in [0.15, 0.2) is 11.6 Å². The van der Waals surface area contributed by atoms with Crippen LogP contribution in [0.15, 0.2) is 48.5 Å². The molecule has 0 radical (unpaired) electrons. The zero-order valence-electron chi connectivity index (χ0n) is 12.7. The fourth-order valence-electron chi connectivity index (χ4n) is 2.75. The first-order valence-electron chi connectivity index (χ1n) is 7.33. The Labute approximate surface area is 129 Å². The summed E-state index contributed by atoms with van der Waals surface area (Å²) in [7, 11) is 0. The van der Waals surface area contributed by atoms with Crippen molar-refractivity contribution < 1.29 is 9.13 Å². The second-order valence-electron chi connectivity index (χ2n) is 5.64. The van der Waals surface area contributed by atoms with Crippen molar-refractivity contribution in [1.29, 1.82) is 0 Å². The van der Waals surface area contributed by atoms with Crippen molar-refractivity contribution in [2.45, 2.75) is 26.5 Å². The number of benzene rings is 2. The average molecular weight is 298 g/mol. The maximum atomic E-state index is 13.7. The highest BCUT2D eigenvalue weighted by atomic mass is 19.1. The Kier molecular flexibility index (Phi) is 3.75. The number of hydrogen-bond donors (Lipinski definition) is 1. The largest absolute Gasteiger partial charge is 0.484 e. The summed E-state index contributed by atoms with van der Waals surface area (Å²) in [5.74, 6) is -0.0819. The molecule has 4 heteroatoms. The van der Waals surface area contributed by atoms with E-state index in [2.05, 4.69) is 18.4 Å². The second-order valence-corrected chi connectivity index (χ2v) is 5.64. The van der Waals surface area contributed by atoms with E-state index in [1.165, 1.54) is 6.07 Å². The molecular weight excluding hydrogens is 279 g/mol. The molecule has 114 valence electrons. The minimum absolute atomic E-state index is 0.266. The molecule has 0 aliphatic rings. The Morgan fingerprint density at radius 3 is 2.64 bits per heavy atom. The Balaban J connectivity index is 1.96. The molecule has 1 aromatic heterocycles. The van der Waals surface area contributed by atoms with Gasteiger partial charge in [-0.25, -0.2) is 4.39 Å². The van der Waals surface area contributed by atoms with Gasteiger partial charge in [0.05, 0.1) is 5.69 Å². The SMILES string of the molecule is CC(C)n1c(COc2ccccc2F)cc2cc(N)ccc21. The van der Waals surface area contributed by atoms with Gasteiger partial charge in [0.25, 0.3) is 0 Å². The normalized spacial score (nSPS) is 11.3. The summed E-state index contributed by atoms with van der Waals surface area (Å²) in [5.41, 5.74) is 8.69. The van der Waals surface area contributed by atoms with Crippen molar-refractivity contribution >= 4 is 16.6 Å². The molecular formula is C18H19FN2O. The quantitative estimate of drug-likeness (QED) is 0.719. The lowest BCUT2D eigenvalue weighted by molar-refractivity contribution is 0.279. The summed E-state index contributed by atoms with van der Waals surface area (Å²) < 4.78 is 21.5. The summed E-state index contributed by atoms with van der Waals surface area (Å²) in [4.78, 5) is 0. The number of ether oxygens (including phenoxy) is 1. The number of aromatic nitrogens is 1. The lowest BCUT2D eigenvalue weighted by atomic mass is 10.2. The van der Waals surface area contributed by atoms with E-state index in [4.69, 9.17) is 10.5 Å². The number of nitrogens with two attached hydrogens (primary N) is 1. The maximum Gasteiger partial charge on any atom is 0.165 e. The highest BCUT2D eigenvalue weighted by Gasteiger charge is 2.13. The number of halogens is 1. The Bertz CT molecular complexity index is 808. The lowest BCUT2D eigenvalue weighted by Gasteiger charge is -2.15. The molecule has 22 heavy (non-hydrogen) atoms. The molecule has 0 saturated heterocycles. The van der Waals surface area contributed by atoms with E-state index >= 15 is 0 Å². The highest BCUT2D eigenvalue weighted by Crippen LogP contribution is 2.27. The number of fused-ring (bicyclic) bond motifs is 1. The van der Waals surface area contributed by atoms with Crippen LogP contribution in [-0.4, -0.2) is 4.57 Å². The van der Waals surface area contributed by atoms with Crippen LogP contribution in [0.25, 0.3) is 10.9 Å². The summed E-state index contributed by atoms with van der Waals surface area (Å²) in [5, 5.41) is 1.07. The van der Waals surface area contributed by atoms with E-state index in [0.717, 1.165) is 22.3 Å². The van der Waals surface area contributed by atoms with Crippen LogP contribution in [0.3, 0.4) is 0 Å². The third-order valence-electron chi connectivity index (χ3n) is 3.67. The molecule has 3 aromatic rings. The summed E-state index contributed by atoms with van der Waals surface area (Å²) >= 11 is 0. The van der Waals surface area contributed by atoms with Crippen LogP contribution in [0.1, 0.15) is 25.6 Å². The molecule has 0 saturated carbocycles. The lowest BCUT2D eigenvalue weighted by Crippen LogP contribution is -2.08. The molecule has 2 aromatic carbocycles. The van der Waals surface area contributed by atoms with Gasteiger partial charge in [-0.3, -0.25) is 0 Å². The summed E-state index contributed by atoms with van der Waals surface area (Å²) in [6.07, 6.45) is 0. The topological polar surface area (TPSA) is 40.2 Å². The predicted octanol–water partition coefficient (Wildman–Crippen LogP) is 4.52. The molecule has 3 rings (SSSR count). The minimum atomic E-state index is -0.348. The number of hydrogen-bond acceptors (Lipinski definition) is 2. The van der Waals surface area contributed by atoms with Crippen LogP contribution in [-0.2, 0) is 6.61 Å². The van der Waals surface area contributed by atoms with Crippen molar-refractivity contribution in [2.75, 3.05) is 5.73 Å². The van der Waals surface area contributed by atoms with Gasteiger partial charge in [0, 0.05) is 22.6 Å². The third-order valence-corrected chi connectivity index (χ3v) is 3.67. The summed E-state index contributed by atoms with van der Waals surface area (Å²) in [6, 6.07) is 14.6. The Morgan fingerprint density at radius 1 is 1.14 bits per heavy atom. The second kappa shape index (κ2) is 5.72. The van der Waals surface area contributed by atoms with Gasteiger partial charge in [0.1, 0.15) is 6.61 Å². The number of nitrogen functional groups attached to an aromatic ring is 1. The van der Waals surface area contributed by atoms with Crippen molar-refractivity contribution in [2.24, 2.45) is 0 Å². The molecule has 0 aliphatic carbocycles. The third kappa shape index (κ3) is 2.64. The van der Waals surface area contributed by atoms with E-state index in [1.807, 2.05) is 24.3 Å². The zero-order valence-corrected chi connectivity index (χ0v) is 12.7. The molecule has 0 aliphatic heterocycles. The monoisotopic (exact) mass is 298 g/mol. The van der Waals surface area contributed by atoms with Gasteiger partial charge in [-0.15, -0.1) is 0 Å². The Hall–Kier alpha value is -2.49. The van der Waals surface area contributed by atoms with Gasteiger partial charge in [0.2, 0.25) is 0 Å². The van der Waals surface area contributed by atoms with Gasteiger partial charge in [-0.2, -0.15) is 0 Å². The fourth-order valence-corrected chi connectivity index (χ4v) is 2.75. The van der Waals surface area contributed by atoms with Crippen LogP contribution in [0, 0.1) is 5.82 Å². The van der Waals surface area contributed by atoms with Gasteiger partial charge in [-0.05, 0) is 50.2 Å². The van der Waals surface area contributed by atoms with Crippen LogP contribution in [0.2, 0.25) is 0 Å². The number of nitrogens with zero attached hydrogens (tertiary/aromatic N) is 1. The van der Waals surface area contributed by atoms with E-state index in [9.17, 15) is 4.39 Å². The van der Waals surface area contributed by atoms with Crippen LogP contribution < -0.4 is 10.5 Å². The first-order chi connectivity index (χ1) is 10.6. The predicted molar refractivity (Wildman–Crippen MR) is 87.5 cm³/mol. The van der Waals surface area contributed by atoms with Crippen LogP contribution >= 0.6 is 0 Å². The number of anilines is 1. The Morgan fingerprint density at radius 2 is 1.91 bits per heavy atom. The van der Waals surface area contributed by atoms with E-state index in [-0.39, 0.29) is 17.6 Å². The van der Waals surface area contributed by atoms with Crippen molar-refractivity contribution in [3.63, 3.8) is 0 Å². The van der Waals surface area contributed by atoms with Gasteiger partial charge >= 0.3 is 0 Å². The van der Waals surface area contributed by atoms with Crippen molar-refractivity contribution in [1.82, 2.24) is 4.57 Å². The van der Waals surface area contributed by atoms with Gasteiger partial charge < -0.3 is 15.0 Å². The van der Waals surface area contributed by atoms with Crippen molar-refractivity contribution in [3.05, 3.63) is 60.0 Å². The maximum absolute atomic E-state index is 13.7. The molecule has 1 heterocycles. The highest BCUT2D eigenvalue weighted by molar-refractivity contribution is 5.84. The molecule has 0 fully saturated rings. The smallest absolute Gasteiger partial charge is 0.165 e. The summed E-state index contributed by atoms with van der Waals surface area (Å²) in [6.45, 7) is 4.54. The molecule has 0 atom stereocenters. The molecule has 2 N–H and O–H groups in total. The van der Waals surface area contributed by atoms with E-state index < -0.39 is 0 Å². The first-order valence-corrected chi connectivity index (χ1v) is 7.33. The molecule has 0 bridgehead atoms. The number of rotatable bonds is 4. The van der Waals surface area contributed by atoms with Crippen LogP contribution in [0.5, 0.6) is 5.75 Å². The van der Waals surface area contributed by atoms with E-state index in [1.54, 1.807) is 18.2 Å². The standard InChI is InChI=1S/C18H19FN2O/c1-12(2)21-15(10-13-9-14(20)7-8-17(13)21)11-22-18-6-4-3-5-16(18)19/h3-10,12H,11,20H2,1-2H3. The zero-order chi connectivity index (χ0) is 15.7. The number of para-hydroxylation sites is 1. The molecule has 0 amide bonds. The van der Waals surface area contributed by atoms with Gasteiger partial charge in [-0.1, -0.05) is 12.1 Å². The molecule has 0 unspecified atom stereocenters. The van der Waals surface area contributed by atoms with Crippen LogP contribution in [0.4, 0.5) is 10.1 Å². The first kappa shape index (κ1) is 14.4.